The van der Waals surface area contributed by atoms with Crippen LogP contribution in [0.15, 0.2) is 48.5 Å². The monoisotopic (exact) mass is 496 g/mol. The number of amides is 3. The number of nitrogens with one attached hydrogen (secondary N) is 2. The molecule has 2 aromatic carbocycles. The molecule has 0 unspecified atom stereocenters. The van der Waals surface area contributed by atoms with Gasteiger partial charge in [-0.15, -0.1) is 0 Å². The van der Waals surface area contributed by atoms with Gasteiger partial charge in [0.05, 0.1) is 13.7 Å². The molecule has 194 valence electrons. The van der Waals surface area contributed by atoms with Crippen LogP contribution >= 0.6 is 0 Å². The highest BCUT2D eigenvalue weighted by atomic mass is 16.5. The van der Waals surface area contributed by atoms with Crippen molar-refractivity contribution in [2.75, 3.05) is 58.3 Å². The molecule has 9 heteroatoms. The van der Waals surface area contributed by atoms with Crippen LogP contribution in [0.5, 0.6) is 11.5 Å². The molecule has 1 fully saturated rings. The van der Waals surface area contributed by atoms with Crippen LogP contribution in [0, 0.1) is 0 Å². The second-order valence-electron chi connectivity index (χ2n) is 8.65. The highest BCUT2D eigenvalue weighted by molar-refractivity contribution is 6.39. The Kier molecular flexibility index (Phi) is 10.6. The Balaban J connectivity index is 1.32. The topological polar surface area (TPSA) is 100 Å². The molecule has 0 bridgehead atoms. The molecule has 36 heavy (non-hydrogen) atoms. The van der Waals surface area contributed by atoms with Crippen LogP contribution in [0.1, 0.15) is 36.5 Å². The van der Waals surface area contributed by atoms with Crippen LogP contribution in [-0.4, -0.2) is 80.5 Å². The van der Waals surface area contributed by atoms with Crippen molar-refractivity contribution in [3.63, 3.8) is 0 Å². The van der Waals surface area contributed by atoms with E-state index in [4.69, 9.17) is 9.47 Å². The summed E-state index contributed by atoms with van der Waals surface area (Å²) in [6, 6.07) is 14.1. The number of methoxy groups -OCH3 is 1. The molecule has 2 N–H and O–H groups in total. The Morgan fingerprint density at radius 3 is 2.17 bits per heavy atom. The molecule has 0 spiro atoms. The van der Waals surface area contributed by atoms with Gasteiger partial charge < -0.3 is 25.0 Å². The average Bonchev–Trinajstić information content (AvgIpc) is 2.92. The van der Waals surface area contributed by atoms with E-state index in [2.05, 4.69) is 22.5 Å². The van der Waals surface area contributed by atoms with Gasteiger partial charge in [0.15, 0.2) is 0 Å². The fraction of sp³-hybridized carbons (Fsp3) is 0.444. The number of unbranched alkanes of at least 4 members (excludes halogenated alkanes) is 2. The van der Waals surface area contributed by atoms with Gasteiger partial charge in [0.2, 0.25) is 0 Å². The van der Waals surface area contributed by atoms with E-state index in [-0.39, 0.29) is 5.91 Å². The molecular formula is C27H36N4O5. The van der Waals surface area contributed by atoms with Crippen molar-refractivity contribution in [1.29, 1.82) is 0 Å². The van der Waals surface area contributed by atoms with Crippen molar-refractivity contribution in [3.05, 3.63) is 54.1 Å². The van der Waals surface area contributed by atoms with Crippen molar-refractivity contribution in [3.8, 4) is 11.5 Å². The van der Waals surface area contributed by atoms with Gasteiger partial charge in [-0.2, -0.15) is 0 Å². The van der Waals surface area contributed by atoms with Crippen LogP contribution in [-0.2, 0) is 9.59 Å². The molecular weight excluding hydrogens is 460 g/mol. The molecule has 0 aliphatic carbocycles. The minimum absolute atomic E-state index is 0.00151. The van der Waals surface area contributed by atoms with Crippen LogP contribution in [0.3, 0.4) is 0 Å². The standard InChI is InChI=1S/C27H36N4O5/c1-3-4-5-20-36-24-12-8-22(9-13-24)29-26(33)25(32)28-14-15-30-16-18-31(19-17-30)27(34)21-6-10-23(35-2)11-7-21/h6-13H,3-5,14-20H2,1-2H3,(H,28,32)(H,29,33). The highest BCUT2D eigenvalue weighted by Crippen LogP contribution is 2.16. The first-order valence-corrected chi connectivity index (χ1v) is 12.5. The van der Waals surface area contributed by atoms with Crippen molar-refractivity contribution < 1.29 is 23.9 Å². The van der Waals surface area contributed by atoms with E-state index in [9.17, 15) is 14.4 Å². The van der Waals surface area contributed by atoms with Crippen molar-refractivity contribution in [1.82, 2.24) is 15.1 Å². The second-order valence-corrected chi connectivity index (χ2v) is 8.65. The van der Waals surface area contributed by atoms with E-state index in [0.717, 1.165) is 25.0 Å². The first kappa shape index (κ1) is 27.0. The maximum absolute atomic E-state index is 12.7. The lowest BCUT2D eigenvalue weighted by Crippen LogP contribution is -2.50. The Labute approximate surface area is 212 Å². The quantitative estimate of drug-likeness (QED) is 0.367. The minimum Gasteiger partial charge on any atom is -0.497 e. The number of nitrogens with zero attached hydrogens (tertiary/aromatic N) is 2. The van der Waals surface area contributed by atoms with Gasteiger partial charge in [-0.05, 0) is 55.0 Å². The molecule has 1 aliphatic heterocycles. The van der Waals surface area contributed by atoms with Crippen LogP contribution in [0.25, 0.3) is 0 Å². The fourth-order valence-electron chi connectivity index (χ4n) is 3.86. The molecule has 9 nitrogen and oxygen atoms in total. The lowest BCUT2D eigenvalue weighted by molar-refractivity contribution is -0.136. The van der Waals surface area contributed by atoms with Gasteiger partial charge in [-0.1, -0.05) is 19.8 Å². The molecule has 1 heterocycles. The molecule has 0 aromatic heterocycles. The summed E-state index contributed by atoms with van der Waals surface area (Å²) >= 11 is 0. The molecule has 0 saturated carbocycles. The number of hydrogen-bond acceptors (Lipinski definition) is 6. The number of carbonyl (C=O) groups excluding carboxylic acids is 3. The summed E-state index contributed by atoms with van der Waals surface area (Å²) in [6.07, 6.45) is 3.27. The molecule has 2 aromatic rings. The number of carbonyl (C=O) groups is 3. The normalized spacial score (nSPS) is 13.7. The van der Waals surface area contributed by atoms with E-state index in [1.54, 1.807) is 55.6 Å². The van der Waals surface area contributed by atoms with Gasteiger partial charge >= 0.3 is 11.8 Å². The molecule has 1 saturated heterocycles. The zero-order valence-corrected chi connectivity index (χ0v) is 21.1. The number of ether oxygens (including phenoxy) is 2. The maximum atomic E-state index is 12.7. The van der Waals surface area contributed by atoms with Crippen molar-refractivity contribution in [2.24, 2.45) is 0 Å². The number of rotatable bonds is 11. The number of anilines is 1. The number of benzene rings is 2. The van der Waals surface area contributed by atoms with E-state index in [1.807, 2.05) is 4.90 Å². The maximum Gasteiger partial charge on any atom is 0.313 e. The lowest BCUT2D eigenvalue weighted by atomic mass is 10.1. The summed E-state index contributed by atoms with van der Waals surface area (Å²) in [5.74, 6) is 0.0650. The van der Waals surface area contributed by atoms with Crippen LogP contribution in [0.4, 0.5) is 5.69 Å². The molecule has 0 atom stereocenters. The summed E-state index contributed by atoms with van der Waals surface area (Å²) in [6.45, 7) is 6.39. The highest BCUT2D eigenvalue weighted by Gasteiger charge is 2.22. The predicted molar refractivity (Wildman–Crippen MR) is 138 cm³/mol. The van der Waals surface area contributed by atoms with E-state index in [0.29, 0.717) is 62.9 Å². The van der Waals surface area contributed by atoms with E-state index in [1.165, 1.54) is 0 Å². The molecule has 0 radical (unpaired) electrons. The van der Waals surface area contributed by atoms with Gasteiger partial charge in [-0.3, -0.25) is 19.3 Å². The van der Waals surface area contributed by atoms with Crippen molar-refractivity contribution >= 4 is 23.4 Å². The molecule has 1 aliphatic rings. The number of piperazine rings is 1. The average molecular weight is 497 g/mol. The number of hydrogen-bond donors (Lipinski definition) is 2. The molecule has 3 rings (SSSR count). The van der Waals surface area contributed by atoms with Gasteiger partial charge in [0.1, 0.15) is 11.5 Å². The third-order valence-electron chi connectivity index (χ3n) is 6.05. The Morgan fingerprint density at radius 2 is 1.53 bits per heavy atom. The lowest BCUT2D eigenvalue weighted by Gasteiger charge is -2.34. The van der Waals surface area contributed by atoms with Crippen LogP contribution < -0.4 is 20.1 Å². The summed E-state index contributed by atoms with van der Waals surface area (Å²) in [5.41, 5.74) is 1.17. The van der Waals surface area contributed by atoms with Crippen molar-refractivity contribution in [2.45, 2.75) is 26.2 Å². The summed E-state index contributed by atoms with van der Waals surface area (Å²) in [4.78, 5) is 41.0. The van der Waals surface area contributed by atoms with E-state index >= 15 is 0 Å². The fourth-order valence-corrected chi connectivity index (χ4v) is 3.86. The third-order valence-corrected chi connectivity index (χ3v) is 6.05. The molecule has 3 amide bonds. The van der Waals surface area contributed by atoms with Gasteiger partial charge in [0, 0.05) is 50.5 Å². The predicted octanol–water partition coefficient (Wildman–Crippen LogP) is 2.78. The van der Waals surface area contributed by atoms with E-state index < -0.39 is 11.8 Å². The minimum atomic E-state index is -0.707. The Morgan fingerprint density at radius 1 is 0.861 bits per heavy atom. The van der Waals surface area contributed by atoms with Gasteiger partial charge in [0.25, 0.3) is 5.91 Å². The zero-order valence-electron chi connectivity index (χ0n) is 21.1. The zero-order chi connectivity index (χ0) is 25.8. The second kappa shape index (κ2) is 14.1. The third kappa shape index (κ3) is 8.27. The Hall–Kier alpha value is -3.59. The summed E-state index contributed by atoms with van der Waals surface area (Å²) in [7, 11) is 1.59. The van der Waals surface area contributed by atoms with Gasteiger partial charge in [-0.25, -0.2) is 0 Å². The summed E-state index contributed by atoms with van der Waals surface area (Å²) in [5, 5.41) is 5.26. The Bertz CT molecular complexity index is 986. The first-order chi connectivity index (χ1) is 17.5. The smallest absolute Gasteiger partial charge is 0.313 e. The SMILES string of the molecule is CCCCCOc1ccc(NC(=O)C(=O)NCCN2CCN(C(=O)c3ccc(OC)cc3)CC2)cc1. The van der Waals surface area contributed by atoms with Crippen LogP contribution in [0.2, 0.25) is 0 Å². The first-order valence-electron chi connectivity index (χ1n) is 12.5. The summed E-state index contributed by atoms with van der Waals surface area (Å²) < 4.78 is 10.8. The largest absolute Gasteiger partial charge is 0.497 e.